The zero-order valence-electron chi connectivity index (χ0n) is 21.3. The number of hydrogen-bond donors (Lipinski definition) is 1. The number of fused-ring (bicyclic) bond motifs is 1. The van der Waals surface area contributed by atoms with Crippen molar-refractivity contribution in [2.24, 2.45) is 12.8 Å². The van der Waals surface area contributed by atoms with Crippen LogP contribution in [0.1, 0.15) is 37.0 Å². The molecule has 194 valence electrons. The number of carbonyl (C=O) groups is 1. The van der Waals surface area contributed by atoms with Crippen LogP contribution in [0.2, 0.25) is 0 Å². The molecule has 37 heavy (non-hydrogen) atoms. The van der Waals surface area contributed by atoms with Gasteiger partial charge < -0.3 is 19.9 Å². The Morgan fingerprint density at radius 1 is 1.30 bits per heavy atom. The second-order valence-corrected chi connectivity index (χ2v) is 9.46. The Hall–Kier alpha value is -4.17. The minimum Gasteiger partial charge on any atom is -0.479 e. The van der Waals surface area contributed by atoms with Crippen LogP contribution < -0.4 is 26.6 Å². The molecule has 1 aliphatic rings. The van der Waals surface area contributed by atoms with Crippen LogP contribution >= 0.6 is 0 Å². The number of aryl methyl sites for hydroxylation is 1. The zero-order chi connectivity index (χ0) is 26.7. The summed E-state index contributed by atoms with van der Waals surface area (Å²) in [5.74, 6) is 0.506. The number of nitrogens with zero attached hydrogens (tertiary/aromatic N) is 6. The number of Topliss-reactive ketones (excluding diaryl/α,β-unsaturated/α-hetero) is 1. The molecule has 0 saturated carbocycles. The minimum atomic E-state index is -0.628. The Labute approximate surface area is 214 Å². The van der Waals surface area contributed by atoms with E-state index in [1.54, 1.807) is 29.8 Å². The first kappa shape index (κ1) is 25.9. The molecule has 1 aromatic carbocycles. The van der Waals surface area contributed by atoms with Crippen molar-refractivity contribution < 1.29 is 9.53 Å². The van der Waals surface area contributed by atoms with E-state index in [2.05, 4.69) is 4.90 Å². The maximum Gasteiger partial charge on any atom is 0.332 e. The molecular weight excluding hydrogens is 474 g/mol. The second-order valence-electron chi connectivity index (χ2n) is 9.46. The summed E-state index contributed by atoms with van der Waals surface area (Å²) in [4.78, 5) is 46.8. The third-order valence-corrected chi connectivity index (χ3v) is 6.40. The number of imidazole rings is 1. The molecule has 2 aromatic heterocycles. The lowest BCUT2D eigenvalue weighted by atomic mass is 10.1. The number of nitriles is 1. The molecular formula is C26H31N7O4. The van der Waals surface area contributed by atoms with Gasteiger partial charge in [0.15, 0.2) is 23.6 Å². The number of piperidine rings is 1. The highest BCUT2D eigenvalue weighted by atomic mass is 16.5. The highest BCUT2D eigenvalue weighted by Gasteiger charge is 2.26. The highest BCUT2D eigenvalue weighted by molar-refractivity contribution is 5.96. The summed E-state index contributed by atoms with van der Waals surface area (Å²) in [5, 5.41) is 8.73. The fourth-order valence-electron chi connectivity index (χ4n) is 4.49. The molecule has 2 N–H and O–H groups in total. The number of ketones is 1. The smallest absolute Gasteiger partial charge is 0.332 e. The molecule has 0 spiro atoms. The SMILES string of the molecule is CC(C)=CCn1c(N2CCCC(N)C2)nc2c1c(=O)n(CC(=O)c1cccc(OCC#N)c1)c(=O)n2C. The summed E-state index contributed by atoms with van der Waals surface area (Å²) in [7, 11) is 1.55. The van der Waals surface area contributed by atoms with E-state index in [-0.39, 0.29) is 29.4 Å². The van der Waals surface area contributed by atoms with Crippen molar-refractivity contribution >= 4 is 22.9 Å². The van der Waals surface area contributed by atoms with Crippen molar-refractivity contribution in [2.75, 3.05) is 24.6 Å². The number of benzene rings is 1. The number of aromatic nitrogens is 4. The maximum atomic E-state index is 13.7. The lowest BCUT2D eigenvalue weighted by Crippen LogP contribution is -2.44. The van der Waals surface area contributed by atoms with Crippen LogP contribution in [0, 0.1) is 11.3 Å². The maximum absolute atomic E-state index is 13.7. The molecule has 11 nitrogen and oxygen atoms in total. The monoisotopic (exact) mass is 505 g/mol. The van der Waals surface area contributed by atoms with E-state index in [0.29, 0.717) is 24.8 Å². The van der Waals surface area contributed by atoms with Gasteiger partial charge in [0, 0.05) is 38.3 Å². The summed E-state index contributed by atoms with van der Waals surface area (Å²) in [6.45, 7) is 5.07. The van der Waals surface area contributed by atoms with Crippen molar-refractivity contribution in [3.63, 3.8) is 0 Å². The first-order chi connectivity index (χ1) is 17.7. The topological polar surface area (TPSA) is 141 Å². The molecule has 0 bridgehead atoms. The Balaban J connectivity index is 1.81. The van der Waals surface area contributed by atoms with Crippen LogP contribution in [0.5, 0.6) is 5.75 Å². The number of allylic oxidation sites excluding steroid dienone is 2. The Bertz CT molecular complexity index is 1520. The molecule has 1 unspecified atom stereocenters. The van der Waals surface area contributed by atoms with Gasteiger partial charge in [0.1, 0.15) is 11.8 Å². The number of carbonyl (C=O) groups excluding carboxylic acids is 1. The van der Waals surface area contributed by atoms with Crippen molar-refractivity contribution in [2.45, 2.75) is 45.8 Å². The Kier molecular flexibility index (Phi) is 7.59. The van der Waals surface area contributed by atoms with Gasteiger partial charge in [-0.15, -0.1) is 0 Å². The zero-order valence-corrected chi connectivity index (χ0v) is 21.3. The van der Waals surface area contributed by atoms with E-state index < -0.39 is 23.6 Å². The van der Waals surface area contributed by atoms with E-state index >= 15 is 0 Å². The van der Waals surface area contributed by atoms with Crippen molar-refractivity contribution in [1.82, 2.24) is 18.7 Å². The number of hydrogen-bond acceptors (Lipinski definition) is 8. The number of anilines is 1. The quantitative estimate of drug-likeness (QED) is 0.359. The lowest BCUT2D eigenvalue weighted by Gasteiger charge is -2.31. The molecule has 1 fully saturated rings. The van der Waals surface area contributed by atoms with Gasteiger partial charge in [-0.05, 0) is 38.8 Å². The van der Waals surface area contributed by atoms with E-state index in [9.17, 15) is 14.4 Å². The third kappa shape index (κ3) is 5.34. The van der Waals surface area contributed by atoms with Crippen LogP contribution in [-0.4, -0.2) is 50.2 Å². The van der Waals surface area contributed by atoms with Gasteiger partial charge in [-0.1, -0.05) is 23.8 Å². The predicted molar refractivity (Wildman–Crippen MR) is 140 cm³/mol. The van der Waals surface area contributed by atoms with Crippen molar-refractivity contribution in [3.8, 4) is 11.8 Å². The van der Waals surface area contributed by atoms with Gasteiger partial charge in [0.2, 0.25) is 5.95 Å². The molecule has 0 amide bonds. The van der Waals surface area contributed by atoms with Crippen LogP contribution in [0.25, 0.3) is 11.2 Å². The summed E-state index contributed by atoms with van der Waals surface area (Å²) >= 11 is 0. The highest BCUT2D eigenvalue weighted by Crippen LogP contribution is 2.23. The van der Waals surface area contributed by atoms with Gasteiger partial charge in [-0.2, -0.15) is 10.2 Å². The molecule has 0 radical (unpaired) electrons. The molecule has 4 rings (SSSR count). The average Bonchev–Trinajstić information content (AvgIpc) is 3.27. The first-order valence-electron chi connectivity index (χ1n) is 12.2. The van der Waals surface area contributed by atoms with Gasteiger partial charge in [0.25, 0.3) is 5.56 Å². The minimum absolute atomic E-state index is 0.00327. The second kappa shape index (κ2) is 10.8. The van der Waals surface area contributed by atoms with Gasteiger partial charge in [-0.3, -0.25) is 18.7 Å². The van der Waals surface area contributed by atoms with Gasteiger partial charge in [0.05, 0.1) is 6.54 Å². The van der Waals surface area contributed by atoms with Crippen LogP contribution in [-0.2, 0) is 20.1 Å². The van der Waals surface area contributed by atoms with Crippen molar-refractivity contribution in [1.29, 1.82) is 5.26 Å². The van der Waals surface area contributed by atoms with Crippen LogP contribution in [0.15, 0.2) is 45.5 Å². The summed E-state index contributed by atoms with van der Waals surface area (Å²) < 4.78 is 9.33. The Morgan fingerprint density at radius 3 is 2.78 bits per heavy atom. The fraction of sp³-hybridized carbons (Fsp3) is 0.423. The fourth-order valence-corrected chi connectivity index (χ4v) is 4.49. The number of nitrogens with two attached hydrogens (primary N) is 1. The first-order valence-corrected chi connectivity index (χ1v) is 12.2. The van der Waals surface area contributed by atoms with E-state index in [4.69, 9.17) is 20.7 Å². The van der Waals surface area contributed by atoms with Crippen molar-refractivity contribution in [3.05, 3.63) is 62.3 Å². The molecule has 11 heteroatoms. The molecule has 1 saturated heterocycles. The van der Waals surface area contributed by atoms with E-state index in [0.717, 1.165) is 29.5 Å². The largest absolute Gasteiger partial charge is 0.479 e. The molecule has 3 heterocycles. The molecule has 1 atom stereocenters. The Morgan fingerprint density at radius 2 is 2.08 bits per heavy atom. The summed E-state index contributed by atoms with van der Waals surface area (Å²) in [6.07, 6.45) is 3.81. The summed E-state index contributed by atoms with van der Waals surface area (Å²) in [6, 6.07) is 8.18. The van der Waals surface area contributed by atoms with Gasteiger partial charge in [-0.25, -0.2) is 4.79 Å². The standard InChI is InChI=1S/C26H31N7O4/c1-17(2)9-12-32-22-23(29-25(32)31-11-5-7-19(28)15-31)30(3)26(36)33(24(22)35)16-21(34)18-6-4-8-20(14-18)37-13-10-27/h4,6,8-9,14,19H,5,7,11-13,15-16,28H2,1-3H3. The number of ether oxygens (including phenoxy) is 1. The number of rotatable bonds is 8. The van der Waals surface area contributed by atoms with E-state index in [1.807, 2.05) is 26.0 Å². The molecule has 0 aliphatic carbocycles. The molecule has 1 aliphatic heterocycles. The molecule has 3 aromatic rings. The summed E-state index contributed by atoms with van der Waals surface area (Å²) in [5.41, 5.74) is 6.87. The van der Waals surface area contributed by atoms with E-state index in [1.165, 1.54) is 10.6 Å². The average molecular weight is 506 g/mol. The third-order valence-electron chi connectivity index (χ3n) is 6.40. The predicted octanol–water partition coefficient (Wildman–Crippen LogP) is 1.58. The van der Waals surface area contributed by atoms with Gasteiger partial charge >= 0.3 is 5.69 Å². The van der Waals surface area contributed by atoms with Crippen LogP contribution in [0.3, 0.4) is 0 Å². The lowest BCUT2D eigenvalue weighted by molar-refractivity contribution is 0.0968. The van der Waals surface area contributed by atoms with Crippen LogP contribution in [0.4, 0.5) is 5.95 Å². The normalized spacial score (nSPS) is 15.4.